The van der Waals surface area contributed by atoms with Crippen LogP contribution >= 0.6 is 0 Å². The highest BCUT2D eigenvalue weighted by molar-refractivity contribution is 5.55. The molecule has 1 aromatic carbocycles. The van der Waals surface area contributed by atoms with Gasteiger partial charge in [0, 0.05) is 18.0 Å². The topological polar surface area (TPSA) is 35.0 Å². The molecule has 0 aliphatic rings. The molecule has 0 saturated heterocycles. The van der Waals surface area contributed by atoms with Gasteiger partial charge in [-0.05, 0) is 49.1 Å². The van der Waals surface area contributed by atoms with Gasteiger partial charge in [0.2, 0.25) is 0 Å². The van der Waals surface area contributed by atoms with Crippen LogP contribution < -0.4 is 4.74 Å². The molecule has 0 unspecified atom stereocenters. The second-order valence-electron chi connectivity index (χ2n) is 6.66. The van der Waals surface area contributed by atoms with Crippen LogP contribution in [0.1, 0.15) is 70.8 Å². The Labute approximate surface area is 152 Å². The Bertz CT molecular complexity index is 578. The maximum absolute atomic E-state index is 5.75. The van der Waals surface area contributed by atoms with Gasteiger partial charge >= 0.3 is 0 Å². The van der Waals surface area contributed by atoms with Crippen molar-refractivity contribution in [3.63, 3.8) is 0 Å². The number of nitrogens with zero attached hydrogens (tertiary/aromatic N) is 2. The molecule has 1 heterocycles. The summed E-state index contributed by atoms with van der Waals surface area (Å²) in [5.74, 6) is 1.70. The summed E-state index contributed by atoms with van der Waals surface area (Å²) in [6.45, 7) is 5.24. The van der Waals surface area contributed by atoms with E-state index in [1.807, 2.05) is 36.7 Å². The average Bonchev–Trinajstić information content (AvgIpc) is 2.66. The Hall–Kier alpha value is -1.90. The highest BCUT2D eigenvalue weighted by atomic mass is 16.5. The van der Waals surface area contributed by atoms with E-state index in [-0.39, 0.29) is 0 Å². The lowest BCUT2D eigenvalue weighted by Gasteiger charge is -2.07. The van der Waals surface area contributed by atoms with Crippen molar-refractivity contribution in [3.05, 3.63) is 42.2 Å². The Balaban J connectivity index is 1.80. The largest absolute Gasteiger partial charge is 0.494 e. The molecule has 3 nitrogen and oxygen atoms in total. The summed E-state index contributed by atoms with van der Waals surface area (Å²) in [7, 11) is 0. The third-order valence-electron chi connectivity index (χ3n) is 4.40. The first-order valence-electron chi connectivity index (χ1n) is 9.87. The number of hydrogen-bond donors (Lipinski definition) is 0. The summed E-state index contributed by atoms with van der Waals surface area (Å²) in [6, 6.07) is 8.09. The molecule has 0 aliphatic carbocycles. The quantitative estimate of drug-likeness (QED) is 0.430. The number of unbranched alkanes of at least 4 members (excludes halogenated alkanes) is 6. The van der Waals surface area contributed by atoms with Gasteiger partial charge in [0.15, 0.2) is 5.82 Å². The standard InChI is InChI=1S/C22H32N2O/c1-3-5-7-8-9-11-19-17-23-22(24-18-19)20-12-14-21(15-13-20)25-16-10-6-4-2/h12-15,17-18H,3-11,16H2,1-2H3. The molecule has 0 spiro atoms. The molecule has 2 aromatic rings. The van der Waals surface area contributed by atoms with Crippen LogP contribution in [0.5, 0.6) is 5.75 Å². The average molecular weight is 341 g/mol. The molecular formula is C22H32N2O. The second-order valence-corrected chi connectivity index (χ2v) is 6.66. The van der Waals surface area contributed by atoms with Crippen LogP contribution in [0.15, 0.2) is 36.7 Å². The first kappa shape index (κ1) is 19.4. The van der Waals surface area contributed by atoms with E-state index >= 15 is 0 Å². The van der Waals surface area contributed by atoms with Gasteiger partial charge in [0.1, 0.15) is 5.75 Å². The van der Waals surface area contributed by atoms with E-state index in [2.05, 4.69) is 23.8 Å². The number of aromatic nitrogens is 2. The van der Waals surface area contributed by atoms with Crippen molar-refractivity contribution in [1.82, 2.24) is 9.97 Å². The van der Waals surface area contributed by atoms with Crippen molar-refractivity contribution in [1.29, 1.82) is 0 Å². The Morgan fingerprint density at radius 3 is 2.08 bits per heavy atom. The van der Waals surface area contributed by atoms with Gasteiger partial charge in [-0.15, -0.1) is 0 Å². The summed E-state index contributed by atoms with van der Waals surface area (Å²) >= 11 is 0. The van der Waals surface area contributed by atoms with E-state index in [0.29, 0.717) is 0 Å². The van der Waals surface area contributed by atoms with Crippen molar-refractivity contribution in [2.45, 2.75) is 71.6 Å². The van der Waals surface area contributed by atoms with Crippen LogP contribution in [0.25, 0.3) is 11.4 Å². The number of ether oxygens (including phenoxy) is 1. The molecule has 0 fully saturated rings. The lowest BCUT2D eigenvalue weighted by molar-refractivity contribution is 0.306. The van der Waals surface area contributed by atoms with Crippen LogP contribution in [-0.2, 0) is 6.42 Å². The fourth-order valence-corrected chi connectivity index (χ4v) is 2.81. The monoisotopic (exact) mass is 340 g/mol. The van der Waals surface area contributed by atoms with Crippen molar-refractivity contribution >= 4 is 0 Å². The lowest BCUT2D eigenvalue weighted by atomic mass is 10.1. The zero-order valence-corrected chi connectivity index (χ0v) is 15.8. The lowest BCUT2D eigenvalue weighted by Crippen LogP contribution is -1.97. The molecule has 0 N–H and O–H groups in total. The number of aryl methyl sites for hydroxylation is 1. The fraction of sp³-hybridized carbons (Fsp3) is 0.545. The highest BCUT2D eigenvalue weighted by Gasteiger charge is 2.03. The van der Waals surface area contributed by atoms with E-state index in [1.165, 1.54) is 50.5 Å². The zero-order chi connectivity index (χ0) is 17.7. The minimum absolute atomic E-state index is 0.785. The number of benzene rings is 1. The van der Waals surface area contributed by atoms with E-state index in [1.54, 1.807) is 0 Å². The van der Waals surface area contributed by atoms with Crippen LogP contribution in [0.4, 0.5) is 0 Å². The van der Waals surface area contributed by atoms with E-state index in [0.717, 1.165) is 36.6 Å². The van der Waals surface area contributed by atoms with Gasteiger partial charge < -0.3 is 4.74 Å². The Kier molecular flexibility index (Phi) is 9.03. The molecule has 136 valence electrons. The second kappa shape index (κ2) is 11.6. The SMILES string of the molecule is CCCCCCCc1cnc(-c2ccc(OCCCCC)cc2)nc1. The van der Waals surface area contributed by atoms with Crippen molar-refractivity contribution in [2.75, 3.05) is 6.61 Å². The maximum Gasteiger partial charge on any atom is 0.159 e. The van der Waals surface area contributed by atoms with Gasteiger partial charge in [0.05, 0.1) is 6.61 Å². The Morgan fingerprint density at radius 1 is 0.760 bits per heavy atom. The van der Waals surface area contributed by atoms with Crippen LogP contribution in [0.2, 0.25) is 0 Å². The molecule has 0 amide bonds. The summed E-state index contributed by atoms with van der Waals surface area (Å²) in [5, 5.41) is 0. The molecule has 3 heteroatoms. The van der Waals surface area contributed by atoms with Crippen molar-refractivity contribution in [3.8, 4) is 17.1 Å². The molecule has 2 rings (SSSR count). The molecule has 25 heavy (non-hydrogen) atoms. The first-order valence-corrected chi connectivity index (χ1v) is 9.87. The minimum Gasteiger partial charge on any atom is -0.494 e. The smallest absolute Gasteiger partial charge is 0.159 e. The van der Waals surface area contributed by atoms with Gasteiger partial charge in [0.25, 0.3) is 0 Å². The first-order chi connectivity index (χ1) is 12.3. The predicted molar refractivity (Wildman–Crippen MR) is 105 cm³/mol. The molecule has 0 aliphatic heterocycles. The van der Waals surface area contributed by atoms with Crippen molar-refractivity contribution in [2.24, 2.45) is 0 Å². The summed E-state index contributed by atoms with van der Waals surface area (Å²) < 4.78 is 5.75. The van der Waals surface area contributed by atoms with E-state index in [4.69, 9.17) is 4.74 Å². The highest BCUT2D eigenvalue weighted by Crippen LogP contribution is 2.20. The van der Waals surface area contributed by atoms with Gasteiger partial charge in [-0.25, -0.2) is 9.97 Å². The molecule has 0 bridgehead atoms. The van der Waals surface area contributed by atoms with Gasteiger partial charge in [-0.2, -0.15) is 0 Å². The molecule has 0 radical (unpaired) electrons. The predicted octanol–water partition coefficient (Wildman–Crippen LogP) is 6.23. The van der Waals surface area contributed by atoms with E-state index < -0.39 is 0 Å². The summed E-state index contributed by atoms with van der Waals surface area (Å²) in [5.41, 5.74) is 2.27. The van der Waals surface area contributed by atoms with Crippen LogP contribution in [0, 0.1) is 0 Å². The molecule has 0 atom stereocenters. The summed E-state index contributed by atoms with van der Waals surface area (Å²) in [4.78, 5) is 9.06. The molecule has 0 saturated carbocycles. The molecule has 1 aromatic heterocycles. The maximum atomic E-state index is 5.75. The summed E-state index contributed by atoms with van der Waals surface area (Å²) in [6.07, 6.45) is 15.1. The van der Waals surface area contributed by atoms with Crippen LogP contribution in [-0.4, -0.2) is 16.6 Å². The molecular weight excluding hydrogens is 308 g/mol. The van der Waals surface area contributed by atoms with Crippen LogP contribution in [0.3, 0.4) is 0 Å². The zero-order valence-electron chi connectivity index (χ0n) is 15.8. The van der Waals surface area contributed by atoms with Gasteiger partial charge in [-0.3, -0.25) is 0 Å². The normalized spacial score (nSPS) is 10.8. The number of rotatable bonds is 12. The van der Waals surface area contributed by atoms with Gasteiger partial charge in [-0.1, -0.05) is 52.4 Å². The number of hydrogen-bond acceptors (Lipinski definition) is 3. The fourth-order valence-electron chi connectivity index (χ4n) is 2.81. The van der Waals surface area contributed by atoms with Crippen molar-refractivity contribution < 1.29 is 4.74 Å². The Morgan fingerprint density at radius 2 is 1.40 bits per heavy atom. The van der Waals surface area contributed by atoms with E-state index in [9.17, 15) is 0 Å². The third-order valence-corrected chi connectivity index (χ3v) is 4.40. The third kappa shape index (κ3) is 7.25. The minimum atomic E-state index is 0.785.